The lowest BCUT2D eigenvalue weighted by Crippen LogP contribution is -2.48. The topological polar surface area (TPSA) is 74.5 Å². The summed E-state index contributed by atoms with van der Waals surface area (Å²) in [5, 5.41) is 7.19. The van der Waals surface area contributed by atoms with Crippen molar-refractivity contribution in [2.75, 3.05) is 39.3 Å². The molecule has 3 rings (SSSR count). The van der Waals surface area contributed by atoms with Gasteiger partial charge in [-0.25, -0.2) is 0 Å². The van der Waals surface area contributed by atoms with Crippen LogP contribution in [0.3, 0.4) is 0 Å². The number of hydrogen-bond donors (Lipinski definition) is 1. The number of carbonyl (C=O) groups is 1. The Morgan fingerprint density at radius 1 is 1.26 bits per heavy atom. The van der Waals surface area contributed by atoms with Crippen molar-refractivity contribution in [3.05, 3.63) is 11.7 Å². The molecular formula is C16H27N5O2. The van der Waals surface area contributed by atoms with Gasteiger partial charge in [-0.1, -0.05) is 5.16 Å². The van der Waals surface area contributed by atoms with E-state index in [1.165, 1.54) is 12.8 Å². The average molecular weight is 321 g/mol. The molecule has 7 nitrogen and oxygen atoms in total. The highest BCUT2D eigenvalue weighted by molar-refractivity contribution is 5.76. The van der Waals surface area contributed by atoms with Gasteiger partial charge in [-0.05, 0) is 45.2 Å². The minimum Gasteiger partial charge on any atom is -0.340 e. The Bertz CT molecular complexity index is 504. The van der Waals surface area contributed by atoms with E-state index in [9.17, 15) is 4.79 Å². The quantitative estimate of drug-likeness (QED) is 0.865. The Hall–Kier alpha value is -1.47. The number of hydrogen-bond acceptors (Lipinski definition) is 6. The third kappa shape index (κ3) is 4.75. The Labute approximate surface area is 137 Å². The number of piperidine rings is 1. The molecule has 0 aromatic carbocycles. The Kier molecular flexibility index (Phi) is 5.61. The van der Waals surface area contributed by atoms with Crippen molar-refractivity contribution in [3.8, 4) is 0 Å². The second kappa shape index (κ2) is 7.88. The zero-order chi connectivity index (χ0) is 16.1. The molecule has 0 unspecified atom stereocenters. The van der Waals surface area contributed by atoms with Crippen LogP contribution in [0, 0.1) is 12.8 Å². The lowest BCUT2D eigenvalue weighted by Gasteiger charge is -2.34. The smallest absolute Gasteiger partial charge is 0.240 e. The monoisotopic (exact) mass is 321 g/mol. The van der Waals surface area contributed by atoms with Crippen molar-refractivity contribution in [1.29, 1.82) is 0 Å². The van der Waals surface area contributed by atoms with Crippen molar-refractivity contribution < 1.29 is 9.32 Å². The fraction of sp³-hybridized carbons (Fsp3) is 0.812. The minimum absolute atomic E-state index is 0.316. The normalized spacial score (nSPS) is 20.8. The number of aromatic nitrogens is 2. The van der Waals surface area contributed by atoms with E-state index in [2.05, 4.69) is 20.4 Å². The molecule has 2 saturated heterocycles. The lowest BCUT2D eigenvalue weighted by atomic mass is 9.93. The highest BCUT2D eigenvalue weighted by Gasteiger charge is 2.23. The molecule has 1 N–H and O–H groups in total. The van der Waals surface area contributed by atoms with Crippen LogP contribution in [0.4, 0.5) is 0 Å². The van der Waals surface area contributed by atoms with E-state index in [-0.39, 0.29) is 0 Å². The van der Waals surface area contributed by atoms with Gasteiger partial charge < -0.3 is 14.7 Å². The number of nitrogens with one attached hydrogen (secondary N) is 1. The summed E-state index contributed by atoms with van der Waals surface area (Å²) in [7, 11) is 0. The first-order chi connectivity index (χ1) is 11.2. The van der Waals surface area contributed by atoms with Crippen LogP contribution in [-0.2, 0) is 11.3 Å². The van der Waals surface area contributed by atoms with E-state index in [1.54, 1.807) is 0 Å². The fourth-order valence-corrected chi connectivity index (χ4v) is 3.41. The summed E-state index contributed by atoms with van der Waals surface area (Å²) in [6.45, 7) is 8.07. The highest BCUT2D eigenvalue weighted by Crippen LogP contribution is 2.19. The molecule has 1 amide bonds. The molecule has 128 valence electrons. The predicted molar refractivity (Wildman–Crippen MR) is 85.7 cm³/mol. The summed E-state index contributed by atoms with van der Waals surface area (Å²) in [6.07, 6.45) is 4.17. The van der Waals surface area contributed by atoms with Crippen LogP contribution >= 0.6 is 0 Å². The number of piperazine rings is 1. The Morgan fingerprint density at radius 2 is 2.00 bits per heavy atom. The molecule has 7 heteroatoms. The number of aryl methyl sites for hydroxylation is 1. The van der Waals surface area contributed by atoms with Gasteiger partial charge in [-0.3, -0.25) is 9.69 Å². The van der Waals surface area contributed by atoms with Crippen LogP contribution in [0.15, 0.2) is 4.52 Å². The number of nitrogens with zero attached hydrogens (tertiary/aromatic N) is 4. The lowest BCUT2D eigenvalue weighted by molar-refractivity contribution is -0.133. The van der Waals surface area contributed by atoms with Crippen molar-refractivity contribution in [2.24, 2.45) is 5.92 Å². The summed E-state index contributed by atoms with van der Waals surface area (Å²) in [5.74, 6) is 2.37. The van der Waals surface area contributed by atoms with E-state index in [1.807, 2.05) is 11.8 Å². The van der Waals surface area contributed by atoms with Gasteiger partial charge in [0.2, 0.25) is 11.8 Å². The molecule has 0 atom stereocenters. The molecule has 2 aliphatic heterocycles. The molecule has 0 bridgehead atoms. The van der Waals surface area contributed by atoms with E-state index in [0.717, 1.165) is 51.6 Å². The summed E-state index contributed by atoms with van der Waals surface area (Å²) in [5.41, 5.74) is 0. The van der Waals surface area contributed by atoms with Gasteiger partial charge in [-0.2, -0.15) is 4.98 Å². The molecule has 1 aromatic heterocycles. The van der Waals surface area contributed by atoms with Crippen molar-refractivity contribution in [1.82, 2.24) is 25.3 Å². The van der Waals surface area contributed by atoms with Gasteiger partial charge in [0, 0.05) is 32.6 Å². The maximum absolute atomic E-state index is 12.4. The molecule has 3 heterocycles. The van der Waals surface area contributed by atoms with Crippen LogP contribution in [0.1, 0.15) is 37.4 Å². The minimum atomic E-state index is 0.316. The Morgan fingerprint density at radius 3 is 2.65 bits per heavy atom. The standard InChI is InChI=1S/C16H27N5O2/c1-13-18-15(23-19-13)12-20-8-10-21(11-9-20)16(22)3-2-14-4-6-17-7-5-14/h14,17H,2-12H2,1H3. The van der Waals surface area contributed by atoms with Gasteiger partial charge in [0.1, 0.15) is 0 Å². The van der Waals surface area contributed by atoms with Crippen molar-refractivity contribution in [2.45, 2.75) is 39.2 Å². The first kappa shape index (κ1) is 16.4. The van der Waals surface area contributed by atoms with Crippen molar-refractivity contribution >= 4 is 5.91 Å². The molecule has 2 aliphatic rings. The molecule has 23 heavy (non-hydrogen) atoms. The third-order valence-electron chi connectivity index (χ3n) is 4.88. The van der Waals surface area contributed by atoms with Gasteiger partial charge in [0.05, 0.1) is 6.54 Å². The van der Waals surface area contributed by atoms with Crippen LogP contribution in [0.25, 0.3) is 0 Å². The average Bonchev–Trinajstić information content (AvgIpc) is 2.99. The van der Waals surface area contributed by atoms with Crippen molar-refractivity contribution in [3.63, 3.8) is 0 Å². The van der Waals surface area contributed by atoms with E-state index >= 15 is 0 Å². The largest absolute Gasteiger partial charge is 0.340 e. The molecular weight excluding hydrogens is 294 g/mol. The maximum atomic E-state index is 12.4. The van der Waals surface area contributed by atoms with E-state index < -0.39 is 0 Å². The second-order valence-electron chi connectivity index (χ2n) is 6.62. The summed E-state index contributed by atoms with van der Waals surface area (Å²) >= 11 is 0. The molecule has 0 radical (unpaired) electrons. The first-order valence-corrected chi connectivity index (χ1v) is 8.71. The second-order valence-corrected chi connectivity index (χ2v) is 6.62. The zero-order valence-corrected chi connectivity index (χ0v) is 14.0. The fourth-order valence-electron chi connectivity index (χ4n) is 3.41. The number of rotatable bonds is 5. The SMILES string of the molecule is Cc1noc(CN2CCN(C(=O)CCC3CCNCC3)CC2)n1. The first-order valence-electron chi connectivity index (χ1n) is 8.71. The van der Waals surface area contributed by atoms with Gasteiger partial charge >= 0.3 is 0 Å². The summed E-state index contributed by atoms with van der Waals surface area (Å²) < 4.78 is 5.16. The molecule has 1 aromatic rings. The summed E-state index contributed by atoms with van der Waals surface area (Å²) in [4.78, 5) is 20.9. The predicted octanol–water partition coefficient (Wildman–Crippen LogP) is 0.802. The van der Waals surface area contributed by atoms with Gasteiger partial charge in [0.25, 0.3) is 0 Å². The number of amides is 1. The third-order valence-corrected chi connectivity index (χ3v) is 4.88. The molecule has 0 saturated carbocycles. The van der Waals surface area contributed by atoms with Crippen LogP contribution in [-0.4, -0.2) is 65.1 Å². The van der Waals surface area contributed by atoms with Crippen LogP contribution in [0.2, 0.25) is 0 Å². The molecule has 2 fully saturated rings. The molecule has 0 spiro atoms. The Balaban J connectivity index is 1.37. The van der Waals surface area contributed by atoms with Gasteiger partial charge in [-0.15, -0.1) is 0 Å². The highest BCUT2D eigenvalue weighted by atomic mass is 16.5. The summed E-state index contributed by atoms with van der Waals surface area (Å²) in [6, 6.07) is 0. The van der Waals surface area contributed by atoms with Crippen LogP contribution < -0.4 is 5.32 Å². The maximum Gasteiger partial charge on any atom is 0.240 e. The van der Waals surface area contributed by atoms with Crippen LogP contribution in [0.5, 0.6) is 0 Å². The van der Waals surface area contributed by atoms with E-state index in [4.69, 9.17) is 4.52 Å². The number of carbonyl (C=O) groups excluding carboxylic acids is 1. The molecule has 0 aliphatic carbocycles. The zero-order valence-electron chi connectivity index (χ0n) is 14.0. The van der Waals surface area contributed by atoms with E-state index in [0.29, 0.717) is 30.6 Å². The van der Waals surface area contributed by atoms with Gasteiger partial charge in [0.15, 0.2) is 5.82 Å².